The zero-order valence-electron chi connectivity index (χ0n) is 19.5. The Kier molecular flexibility index (Phi) is 5.32. The number of nitrogens with zero attached hydrogens (tertiary/aromatic N) is 3. The highest BCUT2D eigenvalue weighted by atomic mass is 16.4. The van der Waals surface area contributed by atoms with Crippen molar-refractivity contribution in [2.75, 3.05) is 0 Å². The van der Waals surface area contributed by atoms with E-state index in [-0.39, 0.29) is 11.7 Å². The van der Waals surface area contributed by atoms with Gasteiger partial charge in [-0.3, -0.25) is 9.69 Å². The molecule has 3 aliphatic carbocycles. The Morgan fingerprint density at radius 2 is 1.61 bits per heavy atom. The highest BCUT2D eigenvalue weighted by Crippen LogP contribution is 2.48. The number of aromatic carboxylic acids is 1. The van der Waals surface area contributed by atoms with Crippen LogP contribution in [0.15, 0.2) is 29.1 Å². The Morgan fingerprint density at radius 3 is 2.33 bits per heavy atom. The quantitative estimate of drug-likeness (QED) is 0.724. The SMILES string of the molecule is C[C@H]1CC2CC(C2)C[C@@H](N2[C@@H]3CCC[C@H]2CC(n2c(=O)c(C(=O)O)nc4ccccc42)C3)C1. The van der Waals surface area contributed by atoms with Gasteiger partial charge in [0, 0.05) is 24.2 Å². The smallest absolute Gasteiger partial charge is 0.360 e. The van der Waals surface area contributed by atoms with Crippen LogP contribution in [0.3, 0.4) is 0 Å². The Bertz CT molecular complexity index is 1110. The third-order valence-electron chi connectivity index (χ3n) is 9.14. The first kappa shape index (κ1) is 21.3. The molecule has 2 aliphatic heterocycles. The molecule has 4 bridgehead atoms. The largest absolute Gasteiger partial charge is 0.476 e. The number of piperidine rings is 2. The van der Waals surface area contributed by atoms with Gasteiger partial charge in [-0.25, -0.2) is 9.78 Å². The number of hydrogen-bond donors (Lipinski definition) is 1. The molecule has 2 aromatic rings. The highest BCUT2D eigenvalue weighted by Gasteiger charge is 2.45. The minimum atomic E-state index is -1.24. The lowest BCUT2D eigenvalue weighted by Gasteiger charge is -2.55. The standard InChI is InChI=1S/C27H35N3O3/c1-16-9-17-11-18(12-17)13-21(10-16)29-19-5-4-6-20(29)15-22(14-19)30-24-8-3-2-7-23(24)28-25(26(30)31)27(32)33/h2-3,7-8,16-22H,4-6,9-15H2,1H3,(H,32,33)/t16-,17?,18?,19-,20+,21-,22?/m0/s1. The van der Waals surface area contributed by atoms with Crippen molar-refractivity contribution in [3.63, 3.8) is 0 Å². The van der Waals surface area contributed by atoms with Gasteiger partial charge < -0.3 is 9.67 Å². The third kappa shape index (κ3) is 3.71. The van der Waals surface area contributed by atoms with E-state index in [2.05, 4.69) is 16.8 Å². The second-order valence-corrected chi connectivity index (χ2v) is 11.4. The van der Waals surface area contributed by atoms with E-state index in [1.165, 1.54) is 51.4 Å². The lowest BCUT2D eigenvalue weighted by Crippen LogP contribution is -2.58. The van der Waals surface area contributed by atoms with Crippen molar-refractivity contribution in [1.82, 2.24) is 14.5 Å². The van der Waals surface area contributed by atoms with Crippen LogP contribution in [0.5, 0.6) is 0 Å². The summed E-state index contributed by atoms with van der Waals surface area (Å²) in [6.45, 7) is 2.45. The summed E-state index contributed by atoms with van der Waals surface area (Å²) in [6, 6.07) is 9.18. The van der Waals surface area contributed by atoms with Crippen molar-refractivity contribution in [2.45, 2.75) is 95.3 Å². The number of para-hydroxylation sites is 2. The zero-order valence-corrected chi connectivity index (χ0v) is 19.5. The lowest BCUT2D eigenvalue weighted by molar-refractivity contribution is -0.0478. The van der Waals surface area contributed by atoms with Crippen LogP contribution in [0.1, 0.15) is 87.7 Å². The molecule has 6 heteroatoms. The molecule has 6 nitrogen and oxygen atoms in total. The molecule has 1 aromatic heterocycles. The maximum absolute atomic E-state index is 13.3. The van der Waals surface area contributed by atoms with Crippen LogP contribution < -0.4 is 5.56 Å². The van der Waals surface area contributed by atoms with Gasteiger partial charge in [0.1, 0.15) is 0 Å². The van der Waals surface area contributed by atoms with E-state index in [9.17, 15) is 14.7 Å². The van der Waals surface area contributed by atoms with Crippen molar-refractivity contribution >= 4 is 17.0 Å². The van der Waals surface area contributed by atoms with E-state index in [1.54, 1.807) is 4.57 Å². The van der Waals surface area contributed by atoms with Crippen molar-refractivity contribution in [3.05, 3.63) is 40.3 Å². The topological polar surface area (TPSA) is 75.4 Å². The van der Waals surface area contributed by atoms with E-state index >= 15 is 0 Å². The number of carboxylic acid groups (broad SMARTS) is 1. The fourth-order valence-electron chi connectivity index (χ4n) is 7.96. The highest BCUT2D eigenvalue weighted by molar-refractivity contribution is 5.88. The molecule has 3 saturated carbocycles. The zero-order chi connectivity index (χ0) is 22.7. The van der Waals surface area contributed by atoms with E-state index in [4.69, 9.17) is 0 Å². The normalized spacial score (nSPS) is 36.6. The van der Waals surface area contributed by atoms with Crippen molar-refractivity contribution in [3.8, 4) is 0 Å². The summed E-state index contributed by atoms with van der Waals surface area (Å²) >= 11 is 0. The van der Waals surface area contributed by atoms with E-state index in [0.29, 0.717) is 23.6 Å². The first-order valence-electron chi connectivity index (χ1n) is 13.0. The van der Waals surface area contributed by atoms with Gasteiger partial charge in [-0.15, -0.1) is 0 Å². The van der Waals surface area contributed by atoms with Crippen LogP contribution in [-0.2, 0) is 0 Å². The van der Waals surface area contributed by atoms with Crippen LogP contribution >= 0.6 is 0 Å². The van der Waals surface area contributed by atoms with Gasteiger partial charge in [-0.2, -0.15) is 0 Å². The Morgan fingerprint density at radius 1 is 0.909 bits per heavy atom. The molecule has 5 atom stereocenters. The maximum atomic E-state index is 13.3. The summed E-state index contributed by atoms with van der Waals surface area (Å²) < 4.78 is 1.78. The lowest BCUT2D eigenvalue weighted by atomic mass is 9.64. The molecule has 3 heterocycles. The molecular weight excluding hydrogens is 414 g/mol. The minimum Gasteiger partial charge on any atom is -0.476 e. The molecular formula is C27H35N3O3. The monoisotopic (exact) mass is 449 g/mol. The van der Waals surface area contributed by atoms with Gasteiger partial charge in [0.05, 0.1) is 11.0 Å². The van der Waals surface area contributed by atoms with Crippen LogP contribution in [-0.4, -0.2) is 43.7 Å². The second-order valence-electron chi connectivity index (χ2n) is 11.4. The van der Waals surface area contributed by atoms with Gasteiger partial charge >= 0.3 is 5.97 Å². The van der Waals surface area contributed by atoms with Gasteiger partial charge in [0.2, 0.25) is 5.69 Å². The average molecular weight is 450 g/mol. The summed E-state index contributed by atoms with van der Waals surface area (Å²) in [5.74, 6) is 1.45. The molecule has 0 radical (unpaired) electrons. The van der Waals surface area contributed by atoms with Crippen LogP contribution in [0, 0.1) is 17.8 Å². The maximum Gasteiger partial charge on any atom is 0.360 e. The van der Waals surface area contributed by atoms with Gasteiger partial charge in [0.25, 0.3) is 5.56 Å². The molecule has 176 valence electrons. The molecule has 1 unspecified atom stereocenters. The molecule has 1 aromatic carbocycles. The van der Waals surface area contributed by atoms with Gasteiger partial charge in [-0.05, 0) is 87.7 Å². The fourth-order valence-corrected chi connectivity index (χ4v) is 7.96. The minimum absolute atomic E-state index is 0.0362. The van der Waals surface area contributed by atoms with Crippen LogP contribution in [0.2, 0.25) is 0 Å². The predicted molar refractivity (Wildman–Crippen MR) is 128 cm³/mol. The summed E-state index contributed by atoms with van der Waals surface area (Å²) in [4.78, 5) is 32.2. The average Bonchev–Trinajstić information content (AvgIpc) is 2.73. The second kappa shape index (κ2) is 8.23. The number of carboxylic acids is 1. The number of fused-ring (bicyclic) bond motifs is 8. The number of aromatic nitrogens is 2. The Balaban J connectivity index is 1.34. The number of carbonyl (C=O) groups is 1. The summed E-state index contributed by atoms with van der Waals surface area (Å²) in [5.41, 5.74) is 0.562. The van der Waals surface area contributed by atoms with Crippen molar-refractivity contribution in [2.24, 2.45) is 17.8 Å². The van der Waals surface area contributed by atoms with E-state index in [0.717, 1.165) is 36.1 Å². The summed E-state index contributed by atoms with van der Waals surface area (Å²) in [6.07, 6.45) is 12.4. The van der Waals surface area contributed by atoms with Crippen molar-refractivity contribution < 1.29 is 9.90 Å². The van der Waals surface area contributed by atoms with Crippen LogP contribution in [0.4, 0.5) is 0 Å². The van der Waals surface area contributed by atoms with Crippen LogP contribution in [0.25, 0.3) is 11.0 Å². The predicted octanol–water partition coefficient (Wildman–Crippen LogP) is 4.87. The van der Waals surface area contributed by atoms with E-state index < -0.39 is 11.5 Å². The molecule has 7 rings (SSSR count). The molecule has 33 heavy (non-hydrogen) atoms. The molecule has 5 aliphatic rings. The molecule has 2 saturated heterocycles. The number of rotatable bonds is 3. The number of benzene rings is 1. The van der Waals surface area contributed by atoms with Gasteiger partial charge in [0.15, 0.2) is 0 Å². The first-order valence-corrected chi connectivity index (χ1v) is 13.0. The molecule has 1 N–H and O–H groups in total. The van der Waals surface area contributed by atoms with Crippen molar-refractivity contribution in [1.29, 1.82) is 0 Å². The first-order chi connectivity index (χ1) is 16.0. The summed E-state index contributed by atoms with van der Waals surface area (Å²) in [7, 11) is 0. The summed E-state index contributed by atoms with van der Waals surface area (Å²) in [5, 5.41) is 9.64. The molecule has 5 fully saturated rings. The Labute approximate surface area is 195 Å². The molecule has 0 spiro atoms. The van der Waals surface area contributed by atoms with E-state index in [1.807, 2.05) is 24.3 Å². The third-order valence-corrected chi connectivity index (χ3v) is 9.14. The molecule has 0 amide bonds. The Hall–Kier alpha value is -2.21. The fraction of sp³-hybridized carbons (Fsp3) is 0.667. The number of hydrogen-bond acceptors (Lipinski definition) is 4. The van der Waals surface area contributed by atoms with Gasteiger partial charge in [-0.1, -0.05) is 25.5 Å².